The summed E-state index contributed by atoms with van der Waals surface area (Å²) in [5.41, 5.74) is -0.00269. The number of benzene rings is 1. The van der Waals surface area contributed by atoms with Gasteiger partial charge in [0.2, 0.25) is 0 Å². The van der Waals surface area contributed by atoms with Gasteiger partial charge in [-0.15, -0.1) is 0 Å². The van der Waals surface area contributed by atoms with E-state index in [1.54, 1.807) is 12.1 Å². The molecule has 108 valence electrons. The number of carbonyl (C=O) groups is 1. The number of nitro groups is 1. The Morgan fingerprint density at radius 1 is 1.45 bits per heavy atom. The highest BCUT2D eigenvalue weighted by atomic mass is 16.7. The second kappa shape index (κ2) is 5.68. The van der Waals surface area contributed by atoms with E-state index in [1.165, 1.54) is 12.1 Å². The Morgan fingerprint density at radius 3 is 2.75 bits per heavy atom. The fourth-order valence-electron chi connectivity index (χ4n) is 2.20. The summed E-state index contributed by atoms with van der Waals surface area (Å²) in [4.78, 5) is 22.4. The molecule has 6 nitrogen and oxygen atoms in total. The number of Topliss-reactive ketones (excluding diaryl/α,β-unsaturated/α-hetero) is 1. The molecule has 0 amide bonds. The maximum Gasteiger partial charge on any atom is 0.280 e. The van der Waals surface area contributed by atoms with Crippen LogP contribution < -0.4 is 0 Å². The van der Waals surface area contributed by atoms with E-state index in [2.05, 4.69) is 0 Å². The number of ether oxygens (including phenoxy) is 2. The third-order valence-corrected chi connectivity index (χ3v) is 3.16. The van der Waals surface area contributed by atoms with Gasteiger partial charge in [0.25, 0.3) is 5.69 Å². The lowest BCUT2D eigenvalue weighted by Gasteiger charge is -2.16. The Hall–Kier alpha value is -1.79. The quantitative estimate of drug-likeness (QED) is 0.470. The minimum absolute atomic E-state index is 0.142. The van der Waals surface area contributed by atoms with Gasteiger partial charge in [0.05, 0.1) is 23.2 Å². The largest absolute Gasteiger partial charge is 0.348 e. The van der Waals surface area contributed by atoms with E-state index in [0.29, 0.717) is 13.0 Å². The first-order valence-electron chi connectivity index (χ1n) is 6.47. The van der Waals surface area contributed by atoms with Gasteiger partial charge in [-0.25, -0.2) is 0 Å². The maximum atomic E-state index is 12.1. The zero-order chi connectivity index (χ0) is 14.8. The summed E-state index contributed by atoms with van der Waals surface area (Å²) in [7, 11) is 0. The average Bonchev–Trinajstić information content (AvgIpc) is 2.75. The van der Waals surface area contributed by atoms with Crippen molar-refractivity contribution in [3.8, 4) is 0 Å². The molecule has 1 aromatic rings. The summed E-state index contributed by atoms with van der Waals surface area (Å²) >= 11 is 0. The van der Waals surface area contributed by atoms with E-state index in [0.717, 1.165) is 0 Å². The summed E-state index contributed by atoms with van der Waals surface area (Å²) in [5, 5.41) is 10.9. The summed E-state index contributed by atoms with van der Waals surface area (Å²) < 4.78 is 11.0. The highest BCUT2D eigenvalue weighted by molar-refractivity contribution is 5.99. The Labute approximate surface area is 116 Å². The van der Waals surface area contributed by atoms with Gasteiger partial charge in [0.1, 0.15) is 0 Å². The van der Waals surface area contributed by atoms with E-state index in [9.17, 15) is 14.9 Å². The van der Waals surface area contributed by atoms with Gasteiger partial charge < -0.3 is 9.47 Å². The number of nitro benzene ring substituents is 1. The zero-order valence-electron chi connectivity index (χ0n) is 11.5. The van der Waals surface area contributed by atoms with Crippen LogP contribution >= 0.6 is 0 Å². The average molecular weight is 279 g/mol. The molecule has 0 saturated carbocycles. The Balaban J connectivity index is 1.98. The van der Waals surface area contributed by atoms with Gasteiger partial charge >= 0.3 is 0 Å². The number of carbonyl (C=O) groups excluding carboxylic acids is 1. The molecule has 1 unspecified atom stereocenters. The van der Waals surface area contributed by atoms with E-state index in [1.807, 2.05) is 13.8 Å². The molecular weight excluding hydrogens is 262 g/mol. The van der Waals surface area contributed by atoms with Gasteiger partial charge in [0.15, 0.2) is 11.6 Å². The number of hydrogen-bond acceptors (Lipinski definition) is 5. The first-order chi connectivity index (χ1) is 9.39. The molecule has 0 aliphatic carbocycles. The number of hydrogen-bond donors (Lipinski definition) is 0. The molecular formula is C14H17NO5. The fraction of sp³-hybridized carbons (Fsp3) is 0.500. The Morgan fingerprint density at radius 2 is 2.15 bits per heavy atom. The Bertz CT molecular complexity index is 526. The summed E-state index contributed by atoms with van der Waals surface area (Å²) in [6, 6.07) is 5.99. The van der Waals surface area contributed by atoms with E-state index >= 15 is 0 Å². The van der Waals surface area contributed by atoms with Gasteiger partial charge in [-0.2, -0.15) is 0 Å². The molecule has 20 heavy (non-hydrogen) atoms. The molecule has 1 fully saturated rings. The van der Waals surface area contributed by atoms with Crippen LogP contribution in [0.25, 0.3) is 0 Å². The highest BCUT2D eigenvalue weighted by Crippen LogP contribution is 2.26. The van der Waals surface area contributed by atoms with Crippen LogP contribution in [-0.2, 0) is 9.47 Å². The van der Waals surface area contributed by atoms with Crippen molar-refractivity contribution in [1.29, 1.82) is 0 Å². The van der Waals surface area contributed by atoms with Crippen molar-refractivity contribution < 1.29 is 19.2 Å². The highest BCUT2D eigenvalue weighted by Gasteiger charge is 2.33. The van der Waals surface area contributed by atoms with Crippen LogP contribution in [0, 0.1) is 10.1 Å². The van der Waals surface area contributed by atoms with Crippen molar-refractivity contribution in [2.75, 3.05) is 6.61 Å². The summed E-state index contributed by atoms with van der Waals surface area (Å²) in [5.74, 6) is -0.863. The maximum absolute atomic E-state index is 12.1. The molecule has 1 saturated heterocycles. The van der Waals surface area contributed by atoms with E-state index in [-0.39, 0.29) is 29.6 Å². The molecule has 1 atom stereocenters. The molecule has 0 N–H and O–H groups in total. The minimum atomic E-state index is -0.619. The lowest BCUT2D eigenvalue weighted by atomic mass is 10.0. The molecule has 0 aromatic heterocycles. The number of ketones is 1. The number of rotatable bonds is 5. The van der Waals surface area contributed by atoms with Crippen LogP contribution in [0.2, 0.25) is 0 Å². The molecule has 0 bridgehead atoms. The fourth-order valence-corrected chi connectivity index (χ4v) is 2.20. The standard InChI is InChI=1S/C14H17NO5/c1-14(2)19-9-10(20-14)7-8-13(16)11-5-3-4-6-12(11)15(17)18/h3-6,10H,7-9H2,1-2H3. The minimum Gasteiger partial charge on any atom is -0.348 e. The monoisotopic (exact) mass is 279 g/mol. The molecule has 1 aliphatic rings. The van der Waals surface area contributed by atoms with Crippen LogP contribution in [0.4, 0.5) is 5.69 Å². The summed E-state index contributed by atoms with van der Waals surface area (Å²) in [6.45, 7) is 4.07. The number of para-hydroxylation sites is 1. The van der Waals surface area contributed by atoms with Gasteiger partial charge in [-0.3, -0.25) is 14.9 Å². The lowest BCUT2D eigenvalue weighted by molar-refractivity contribution is -0.385. The van der Waals surface area contributed by atoms with Crippen molar-refractivity contribution in [1.82, 2.24) is 0 Å². The van der Waals surface area contributed by atoms with Crippen molar-refractivity contribution in [3.05, 3.63) is 39.9 Å². The van der Waals surface area contributed by atoms with Crippen molar-refractivity contribution in [3.63, 3.8) is 0 Å². The smallest absolute Gasteiger partial charge is 0.280 e. The number of nitrogens with zero attached hydrogens (tertiary/aromatic N) is 1. The van der Waals surface area contributed by atoms with Crippen LogP contribution in [0.5, 0.6) is 0 Å². The first kappa shape index (κ1) is 14.6. The molecule has 6 heteroatoms. The van der Waals surface area contributed by atoms with Crippen molar-refractivity contribution in [2.45, 2.75) is 38.6 Å². The molecule has 2 rings (SSSR count). The third-order valence-electron chi connectivity index (χ3n) is 3.16. The first-order valence-corrected chi connectivity index (χ1v) is 6.47. The van der Waals surface area contributed by atoms with Gasteiger partial charge in [-0.1, -0.05) is 12.1 Å². The molecule has 1 aromatic carbocycles. The van der Waals surface area contributed by atoms with Crippen molar-refractivity contribution >= 4 is 11.5 Å². The Kier molecular flexibility index (Phi) is 4.15. The summed E-state index contributed by atoms with van der Waals surface area (Å²) in [6.07, 6.45) is 0.556. The van der Waals surface area contributed by atoms with Crippen LogP contribution in [0.1, 0.15) is 37.0 Å². The van der Waals surface area contributed by atoms with Crippen LogP contribution in [0.15, 0.2) is 24.3 Å². The predicted molar refractivity (Wildman–Crippen MR) is 71.6 cm³/mol. The second-order valence-corrected chi connectivity index (χ2v) is 5.19. The molecule has 1 heterocycles. The molecule has 0 radical (unpaired) electrons. The lowest BCUT2D eigenvalue weighted by Crippen LogP contribution is -2.21. The van der Waals surface area contributed by atoms with Crippen LogP contribution in [0.3, 0.4) is 0 Å². The predicted octanol–water partition coefficient (Wildman–Crippen LogP) is 2.71. The molecule has 0 spiro atoms. The normalized spacial score (nSPS) is 20.8. The van der Waals surface area contributed by atoms with E-state index < -0.39 is 10.7 Å². The zero-order valence-corrected chi connectivity index (χ0v) is 11.5. The second-order valence-electron chi connectivity index (χ2n) is 5.19. The van der Waals surface area contributed by atoms with E-state index in [4.69, 9.17) is 9.47 Å². The topological polar surface area (TPSA) is 78.7 Å². The SMILES string of the molecule is CC1(C)OCC(CCC(=O)c2ccccc2[N+](=O)[O-])O1. The molecule has 1 aliphatic heterocycles. The van der Waals surface area contributed by atoms with Crippen molar-refractivity contribution in [2.24, 2.45) is 0 Å². The third kappa shape index (κ3) is 3.40. The van der Waals surface area contributed by atoms with Gasteiger partial charge in [-0.05, 0) is 26.3 Å². The van der Waals surface area contributed by atoms with Gasteiger partial charge in [0, 0.05) is 12.5 Å². The van der Waals surface area contributed by atoms with Crippen LogP contribution in [-0.4, -0.2) is 29.2 Å².